The second kappa shape index (κ2) is 9.61. The zero-order valence-corrected chi connectivity index (χ0v) is 18.5. The van der Waals surface area contributed by atoms with E-state index < -0.39 is 5.41 Å². The van der Waals surface area contributed by atoms with Crippen LogP contribution in [0.5, 0.6) is 17.2 Å². The summed E-state index contributed by atoms with van der Waals surface area (Å²) in [4.78, 5) is 25.7. The molecule has 2 aromatic carbocycles. The number of benzene rings is 2. The van der Waals surface area contributed by atoms with Crippen LogP contribution >= 0.6 is 0 Å². The number of phenolic OH excluding ortho intramolecular Hbond substituents is 1. The maximum Gasteiger partial charge on any atom is 0.168 e. The maximum absolute atomic E-state index is 12.9. The molecule has 0 heterocycles. The molecule has 0 aliphatic carbocycles. The Hall–Kier alpha value is -3.08. The summed E-state index contributed by atoms with van der Waals surface area (Å²) in [5.74, 6) is 0.708. The van der Waals surface area contributed by atoms with Gasteiger partial charge in [-0.05, 0) is 67.7 Å². The van der Waals surface area contributed by atoms with E-state index in [1.807, 2.05) is 32.0 Å². The zero-order chi connectivity index (χ0) is 22.5. The lowest BCUT2D eigenvalue weighted by Crippen LogP contribution is -2.33. The molecule has 5 nitrogen and oxygen atoms in total. The molecule has 1 atom stereocenters. The van der Waals surface area contributed by atoms with Crippen LogP contribution in [0.25, 0.3) is 6.08 Å². The van der Waals surface area contributed by atoms with Crippen molar-refractivity contribution < 1.29 is 24.2 Å². The molecule has 0 fully saturated rings. The molecule has 1 N–H and O–H groups in total. The van der Waals surface area contributed by atoms with Gasteiger partial charge in [-0.25, -0.2) is 0 Å². The molecule has 0 amide bonds. The summed E-state index contributed by atoms with van der Waals surface area (Å²) in [5, 5.41) is 9.67. The number of carbonyl (C=O) groups excluding carboxylic acids is 2. The third-order valence-electron chi connectivity index (χ3n) is 5.44. The highest BCUT2D eigenvalue weighted by atomic mass is 16.5. The van der Waals surface area contributed by atoms with E-state index >= 15 is 0 Å². The number of ketones is 2. The average Bonchev–Trinajstić information content (AvgIpc) is 2.72. The summed E-state index contributed by atoms with van der Waals surface area (Å²) < 4.78 is 10.4. The number of aromatic hydroxyl groups is 1. The van der Waals surface area contributed by atoms with Crippen molar-refractivity contribution in [2.75, 3.05) is 14.2 Å². The van der Waals surface area contributed by atoms with E-state index in [9.17, 15) is 14.7 Å². The molecule has 0 aliphatic rings. The fourth-order valence-electron chi connectivity index (χ4n) is 3.11. The minimum atomic E-state index is -1.14. The predicted molar refractivity (Wildman–Crippen MR) is 118 cm³/mol. The minimum Gasteiger partial charge on any atom is -0.504 e. The molecule has 2 rings (SSSR count). The van der Waals surface area contributed by atoms with Gasteiger partial charge in [0.15, 0.2) is 17.3 Å². The first-order valence-corrected chi connectivity index (χ1v) is 9.87. The fourth-order valence-corrected chi connectivity index (χ4v) is 3.11. The third kappa shape index (κ3) is 5.29. The van der Waals surface area contributed by atoms with E-state index in [0.717, 1.165) is 16.9 Å². The van der Waals surface area contributed by atoms with Crippen molar-refractivity contribution in [3.63, 3.8) is 0 Å². The zero-order valence-electron chi connectivity index (χ0n) is 18.5. The summed E-state index contributed by atoms with van der Waals surface area (Å²) in [6.45, 7) is 7.25. The van der Waals surface area contributed by atoms with Gasteiger partial charge in [-0.15, -0.1) is 0 Å². The number of phenols is 1. The van der Waals surface area contributed by atoms with Gasteiger partial charge in [0, 0.05) is 6.42 Å². The van der Waals surface area contributed by atoms with E-state index in [-0.39, 0.29) is 29.7 Å². The van der Waals surface area contributed by atoms with Gasteiger partial charge in [0.05, 0.1) is 19.6 Å². The molecular weight excluding hydrogens is 380 g/mol. The summed E-state index contributed by atoms with van der Waals surface area (Å²) in [6, 6.07) is 10.7. The monoisotopic (exact) mass is 410 g/mol. The van der Waals surface area contributed by atoms with Crippen LogP contribution < -0.4 is 9.47 Å². The van der Waals surface area contributed by atoms with Crippen molar-refractivity contribution in [3.8, 4) is 17.2 Å². The Labute approximate surface area is 178 Å². The minimum absolute atomic E-state index is 0.0261. The Morgan fingerprint density at radius 1 is 1.07 bits per heavy atom. The largest absolute Gasteiger partial charge is 0.504 e. The molecule has 0 saturated carbocycles. The molecular formula is C25H30O5. The number of carbonyl (C=O) groups is 2. The number of rotatable bonds is 9. The molecule has 1 unspecified atom stereocenters. The number of hydrogen-bond acceptors (Lipinski definition) is 5. The van der Waals surface area contributed by atoms with Crippen molar-refractivity contribution in [3.05, 3.63) is 59.2 Å². The van der Waals surface area contributed by atoms with Crippen LogP contribution in [0.15, 0.2) is 42.5 Å². The van der Waals surface area contributed by atoms with E-state index in [0.29, 0.717) is 11.3 Å². The Morgan fingerprint density at radius 3 is 2.37 bits per heavy atom. The SMILES string of the molecule is COc1cc(C(C)CC(=O)C(C)(C)C(=O)/C=C/c2ccc(O)c(OC)c2)ccc1C. The van der Waals surface area contributed by atoms with Crippen molar-refractivity contribution in [1.29, 1.82) is 0 Å². The van der Waals surface area contributed by atoms with Gasteiger partial charge in [-0.1, -0.05) is 31.2 Å². The molecule has 30 heavy (non-hydrogen) atoms. The van der Waals surface area contributed by atoms with Crippen molar-refractivity contribution in [1.82, 2.24) is 0 Å². The Morgan fingerprint density at radius 2 is 1.73 bits per heavy atom. The molecule has 5 heteroatoms. The molecule has 0 bridgehead atoms. The second-order valence-electron chi connectivity index (χ2n) is 8.01. The lowest BCUT2D eigenvalue weighted by Gasteiger charge is -2.22. The predicted octanol–water partition coefficient (Wildman–Crippen LogP) is 5.09. The highest BCUT2D eigenvalue weighted by Gasteiger charge is 2.34. The van der Waals surface area contributed by atoms with E-state index in [1.54, 1.807) is 39.2 Å². The quantitative estimate of drug-likeness (QED) is 0.460. The lowest BCUT2D eigenvalue weighted by atomic mass is 9.78. The van der Waals surface area contributed by atoms with Gasteiger partial charge in [-0.2, -0.15) is 0 Å². The van der Waals surface area contributed by atoms with Gasteiger partial charge in [-0.3, -0.25) is 9.59 Å². The molecule has 160 valence electrons. The maximum atomic E-state index is 12.9. The summed E-state index contributed by atoms with van der Waals surface area (Å²) >= 11 is 0. The van der Waals surface area contributed by atoms with Gasteiger partial charge in [0.2, 0.25) is 0 Å². The number of aryl methyl sites for hydroxylation is 1. The van der Waals surface area contributed by atoms with Crippen molar-refractivity contribution >= 4 is 17.6 Å². The highest BCUT2D eigenvalue weighted by Crippen LogP contribution is 2.31. The van der Waals surface area contributed by atoms with E-state index in [1.165, 1.54) is 19.3 Å². The molecule has 2 aromatic rings. The van der Waals surface area contributed by atoms with Gasteiger partial charge in [0.25, 0.3) is 0 Å². The highest BCUT2D eigenvalue weighted by molar-refractivity contribution is 6.12. The summed E-state index contributed by atoms with van der Waals surface area (Å²) in [6.07, 6.45) is 3.28. The van der Waals surface area contributed by atoms with Crippen LogP contribution in [0, 0.1) is 12.3 Å². The van der Waals surface area contributed by atoms with Crippen molar-refractivity contribution in [2.24, 2.45) is 5.41 Å². The molecule has 0 aromatic heterocycles. The fraction of sp³-hybridized carbons (Fsp3) is 0.360. The molecule has 0 saturated heterocycles. The summed E-state index contributed by atoms with van der Waals surface area (Å²) in [7, 11) is 3.08. The standard InChI is InChI=1S/C25H30O5/c1-16-7-10-19(15-21(16)29-5)17(2)13-24(28)25(3,4)23(27)12-9-18-8-11-20(26)22(14-18)30-6/h7-12,14-15,17,26H,13H2,1-6H3/b12-9+. The number of ether oxygens (including phenoxy) is 2. The van der Waals surface area contributed by atoms with Crippen LogP contribution in [0.4, 0.5) is 0 Å². The van der Waals surface area contributed by atoms with Gasteiger partial charge in [0.1, 0.15) is 11.5 Å². The Balaban J connectivity index is 2.11. The molecule has 0 radical (unpaired) electrons. The first-order valence-electron chi connectivity index (χ1n) is 9.87. The number of hydrogen-bond donors (Lipinski definition) is 1. The first-order chi connectivity index (χ1) is 14.1. The smallest absolute Gasteiger partial charge is 0.168 e. The number of methoxy groups -OCH3 is 2. The normalized spacial score (nSPS) is 12.6. The van der Waals surface area contributed by atoms with Crippen LogP contribution in [0.3, 0.4) is 0 Å². The van der Waals surface area contributed by atoms with E-state index in [4.69, 9.17) is 9.47 Å². The Kier molecular flexibility index (Phi) is 7.43. The van der Waals surface area contributed by atoms with Gasteiger partial charge >= 0.3 is 0 Å². The Bertz CT molecular complexity index is 956. The lowest BCUT2D eigenvalue weighted by molar-refractivity contribution is -0.136. The second-order valence-corrected chi connectivity index (χ2v) is 8.01. The number of allylic oxidation sites excluding steroid dienone is 1. The average molecular weight is 411 g/mol. The van der Waals surface area contributed by atoms with Crippen LogP contribution in [0.1, 0.15) is 49.8 Å². The molecule has 0 spiro atoms. The number of Topliss-reactive ketones (excluding diaryl/α,β-unsaturated/α-hetero) is 1. The van der Waals surface area contributed by atoms with E-state index in [2.05, 4.69) is 0 Å². The van der Waals surface area contributed by atoms with Crippen molar-refractivity contribution in [2.45, 2.75) is 40.0 Å². The van der Waals surface area contributed by atoms with Gasteiger partial charge < -0.3 is 14.6 Å². The topological polar surface area (TPSA) is 72.8 Å². The first kappa shape index (κ1) is 23.2. The summed E-state index contributed by atoms with van der Waals surface area (Å²) in [5.41, 5.74) is 1.59. The van der Waals surface area contributed by atoms with Crippen LogP contribution in [-0.4, -0.2) is 30.9 Å². The molecule has 0 aliphatic heterocycles. The van der Waals surface area contributed by atoms with Crippen LogP contribution in [-0.2, 0) is 9.59 Å². The third-order valence-corrected chi connectivity index (χ3v) is 5.44. The van der Waals surface area contributed by atoms with Crippen LogP contribution in [0.2, 0.25) is 0 Å².